The number of ether oxygens (including phenoxy) is 1. The van der Waals surface area contributed by atoms with Crippen LogP contribution in [0.5, 0.6) is 5.75 Å². The molecule has 1 unspecified atom stereocenters. The molecular weight excluding hydrogens is 414 g/mol. The number of aliphatic hydroxyl groups is 1. The van der Waals surface area contributed by atoms with Crippen LogP contribution in [0.25, 0.3) is 5.76 Å². The van der Waals surface area contributed by atoms with Gasteiger partial charge < -0.3 is 14.7 Å². The van der Waals surface area contributed by atoms with Crippen molar-refractivity contribution in [1.29, 1.82) is 0 Å². The lowest BCUT2D eigenvalue weighted by molar-refractivity contribution is -0.139. The van der Waals surface area contributed by atoms with Crippen molar-refractivity contribution in [3.05, 3.63) is 82.4 Å². The van der Waals surface area contributed by atoms with Crippen molar-refractivity contribution >= 4 is 29.1 Å². The van der Waals surface area contributed by atoms with Crippen LogP contribution in [0.1, 0.15) is 49.4 Å². The fourth-order valence-corrected chi connectivity index (χ4v) is 3.93. The molecule has 1 fully saturated rings. The van der Waals surface area contributed by atoms with Crippen molar-refractivity contribution < 1.29 is 19.4 Å². The van der Waals surface area contributed by atoms with Crippen molar-refractivity contribution in [1.82, 2.24) is 4.90 Å². The minimum Gasteiger partial charge on any atom is -0.507 e. The third-order valence-electron chi connectivity index (χ3n) is 5.29. The van der Waals surface area contributed by atoms with Crippen LogP contribution in [0.3, 0.4) is 0 Å². The number of likely N-dealkylation sites (tertiary alicyclic amines) is 1. The third kappa shape index (κ3) is 4.37. The number of hydrogen-bond donors (Lipinski definition) is 1. The van der Waals surface area contributed by atoms with Gasteiger partial charge in [-0.25, -0.2) is 0 Å². The smallest absolute Gasteiger partial charge is 0.295 e. The summed E-state index contributed by atoms with van der Waals surface area (Å²) in [6, 6.07) is 11.8. The Morgan fingerprint density at radius 3 is 2.45 bits per heavy atom. The normalized spacial score (nSPS) is 18.0. The molecule has 0 radical (unpaired) electrons. The Morgan fingerprint density at radius 2 is 1.90 bits per heavy atom. The zero-order valence-corrected chi connectivity index (χ0v) is 18.6. The largest absolute Gasteiger partial charge is 0.507 e. The zero-order chi connectivity index (χ0) is 22.7. The van der Waals surface area contributed by atoms with Crippen LogP contribution in [0, 0.1) is 0 Å². The fourth-order valence-electron chi connectivity index (χ4n) is 3.69. The van der Waals surface area contributed by atoms with Crippen LogP contribution < -0.4 is 4.74 Å². The number of amides is 1. The topological polar surface area (TPSA) is 66.8 Å². The van der Waals surface area contributed by atoms with Crippen LogP contribution >= 0.6 is 11.6 Å². The Hall–Kier alpha value is -3.05. The van der Waals surface area contributed by atoms with E-state index in [-0.39, 0.29) is 17.9 Å². The summed E-state index contributed by atoms with van der Waals surface area (Å²) in [5.74, 6) is -0.847. The molecule has 2 aromatic carbocycles. The number of aliphatic hydroxyl groups excluding tert-OH is 1. The first-order valence-electron chi connectivity index (χ1n) is 10.2. The maximum absolute atomic E-state index is 12.9. The number of hydrogen-bond acceptors (Lipinski definition) is 4. The minimum absolute atomic E-state index is 0.0318. The molecule has 0 aromatic heterocycles. The maximum Gasteiger partial charge on any atom is 0.295 e. The quantitative estimate of drug-likeness (QED) is 0.269. The number of Topliss-reactive ketones (excluding diaryl/α,β-unsaturated/α-hetero) is 1. The van der Waals surface area contributed by atoms with Gasteiger partial charge in [0, 0.05) is 12.1 Å². The highest BCUT2D eigenvalue weighted by atomic mass is 35.5. The van der Waals surface area contributed by atoms with E-state index in [4.69, 9.17) is 16.3 Å². The molecule has 0 aliphatic carbocycles. The van der Waals surface area contributed by atoms with Gasteiger partial charge in [0.2, 0.25) is 0 Å². The Morgan fingerprint density at radius 1 is 1.23 bits per heavy atom. The van der Waals surface area contributed by atoms with E-state index >= 15 is 0 Å². The van der Waals surface area contributed by atoms with Crippen LogP contribution in [0.15, 0.2) is 60.7 Å². The maximum atomic E-state index is 12.9. The molecule has 3 rings (SSSR count). The molecule has 31 heavy (non-hydrogen) atoms. The number of carbonyl (C=O) groups excluding carboxylic acids is 2. The molecule has 1 saturated heterocycles. The molecule has 1 N–H and O–H groups in total. The molecule has 1 aliphatic heterocycles. The van der Waals surface area contributed by atoms with E-state index < -0.39 is 17.7 Å². The van der Waals surface area contributed by atoms with E-state index in [1.54, 1.807) is 18.2 Å². The van der Waals surface area contributed by atoms with E-state index in [2.05, 4.69) is 20.4 Å². The van der Waals surface area contributed by atoms with E-state index in [0.717, 1.165) is 11.1 Å². The monoisotopic (exact) mass is 439 g/mol. The van der Waals surface area contributed by atoms with Crippen LogP contribution in [0.2, 0.25) is 5.02 Å². The molecule has 6 heteroatoms. The van der Waals surface area contributed by atoms with Gasteiger partial charge in [-0.2, -0.15) is 0 Å². The average Bonchev–Trinajstić information content (AvgIpc) is 3.00. The first-order chi connectivity index (χ1) is 14.8. The number of ketones is 1. The van der Waals surface area contributed by atoms with Gasteiger partial charge in [-0.3, -0.25) is 9.59 Å². The molecule has 0 saturated carbocycles. The van der Waals surface area contributed by atoms with Gasteiger partial charge >= 0.3 is 0 Å². The van der Waals surface area contributed by atoms with E-state index in [1.165, 1.54) is 11.0 Å². The van der Waals surface area contributed by atoms with Gasteiger partial charge in [0.1, 0.15) is 11.5 Å². The number of benzene rings is 2. The predicted octanol–water partition coefficient (Wildman–Crippen LogP) is 5.47. The highest BCUT2D eigenvalue weighted by Gasteiger charge is 2.45. The molecule has 0 bridgehead atoms. The first kappa shape index (κ1) is 22.6. The van der Waals surface area contributed by atoms with Crippen LogP contribution in [-0.4, -0.2) is 34.8 Å². The van der Waals surface area contributed by atoms with Crippen molar-refractivity contribution in [3.63, 3.8) is 0 Å². The zero-order valence-electron chi connectivity index (χ0n) is 17.9. The summed E-state index contributed by atoms with van der Waals surface area (Å²) >= 11 is 6.27. The molecule has 2 aromatic rings. The average molecular weight is 440 g/mol. The van der Waals surface area contributed by atoms with E-state index in [0.29, 0.717) is 28.9 Å². The lowest BCUT2D eigenvalue weighted by Crippen LogP contribution is -2.29. The number of rotatable bonds is 7. The van der Waals surface area contributed by atoms with Gasteiger partial charge in [-0.15, -0.1) is 6.58 Å². The summed E-state index contributed by atoms with van der Waals surface area (Å²) in [7, 11) is 0. The molecule has 162 valence electrons. The van der Waals surface area contributed by atoms with Crippen molar-refractivity contribution in [2.75, 3.05) is 13.2 Å². The SMILES string of the molecule is C=CCN1C(=O)C(=O)C(=C(O)c2ccc(OCC)c(Cl)c2)C1c1ccc(C(C)C)cc1. The molecule has 5 nitrogen and oxygen atoms in total. The summed E-state index contributed by atoms with van der Waals surface area (Å²) in [5, 5.41) is 11.4. The minimum atomic E-state index is -0.734. The van der Waals surface area contributed by atoms with E-state index in [9.17, 15) is 14.7 Å². The molecular formula is C25H26ClNO4. The molecule has 1 atom stereocenters. The molecule has 1 heterocycles. The number of carbonyl (C=O) groups is 2. The van der Waals surface area contributed by atoms with Gasteiger partial charge in [0.25, 0.3) is 11.7 Å². The second kappa shape index (κ2) is 9.40. The highest BCUT2D eigenvalue weighted by Crippen LogP contribution is 2.40. The Balaban J connectivity index is 2.14. The van der Waals surface area contributed by atoms with Crippen LogP contribution in [0.4, 0.5) is 0 Å². The third-order valence-corrected chi connectivity index (χ3v) is 5.59. The molecule has 0 spiro atoms. The number of nitrogens with zero attached hydrogens (tertiary/aromatic N) is 1. The van der Waals surface area contributed by atoms with Crippen molar-refractivity contribution in [3.8, 4) is 5.75 Å². The Bertz CT molecular complexity index is 1040. The Kier molecular flexibility index (Phi) is 6.86. The Labute approximate surface area is 187 Å². The van der Waals surface area contributed by atoms with Gasteiger partial charge in [-0.1, -0.05) is 55.8 Å². The first-order valence-corrected chi connectivity index (χ1v) is 10.6. The second-order valence-electron chi connectivity index (χ2n) is 7.64. The summed E-state index contributed by atoms with van der Waals surface area (Å²) in [5.41, 5.74) is 2.25. The van der Waals surface area contributed by atoms with Crippen LogP contribution in [-0.2, 0) is 9.59 Å². The van der Waals surface area contributed by atoms with Gasteiger partial charge in [-0.05, 0) is 42.2 Å². The molecule has 1 amide bonds. The molecule has 1 aliphatic rings. The van der Waals surface area contributed by atoms with Gasteiger partial charge in [0.05, 0.1) is 23.2 Å². The summed E-state index contributed by atoms with van der Waals surface area (Å²) < 4.78 is 5.43. The van der Waals surface area contributed by atoms with Gasteiger partial charge in [0.15, 0.2) is 0 Å². The second-order valence-corrected chi connectivity index (χ2v) is 8.05. The predicted molar refractivity (Wildman–Crippen MR) is 122 cm³/mol. The summed E-state index contributed by atoms with van der Waals surface area (Å²) in [4.78, 5) is 27.1. The van der Waals surface area contributed by atoms with Crippen molar-refractivity contribution in [2.24, 2.45) is 0 Å². The lowest BCUT2D eigenvalue weighted by atomic mass is 9.93. The standard InChI is InChI=1S/C25H26ClNO4/c1-5-13-27-22(17-9-7-16(8-10-17)15(3)4)21(24(29)25(27)30)23(28)18-11-12-20(31-6-2)19(26)14-18/h5,7-12,14-15,22,28H,1,6,13H2,2-4H3. The summed E-state index contributed by atoms with van der Waals surface area (Å²) in [6.07, 6.45) is 1.56. The fraction of sp³-hybridized carbons (Fsp3) is 0.280. The van der Waals surface area contributed by atoms with E-state index in [1.807, 2.05) is 31.2 Å². The van der Waals surface area contributed by atoms with Crippen molar-refractivity contribution in [2.45, 2.75) is 32.7 Å². The number of halogens is 1. The summed E-state index contributed by atoms with van der Waals surface area (Å²) in [6.45, 7) is 10.4. The highest BCUT2D eigenvalue weighted by molar-refractivity contribution is 6.46. The lowest BCUT2D eigenvalue weighted by Gasteiger charge is -2.24.